The SMILES string of the molecule is C=C(CC)C1(C)CCC[C@@]2(C)C3=CC[C@]4(C)C[C@@]3(CC[C@]12C)C[C@@H]4CO. The minimum absolute atomic E-state index is 0.257. The summed E-state index contributed by atoms with van der Waals surface area (Å²) in [5.74, 6) is 0.491. The number of rotatable bonds is 3. The molecule has 6 atom stereocenters. The van der Waals surface area contributed by atoms with E-state index in [1.54, 1.807) is 5.57 Å². The fourth-order valence-electron chi connectivity index (χ4n) is 8.51. The van der Waals surface area contributed by atoms with Crippen molar-refractivity contribution in [3.05, 3.63) is 23.8 Å². The molecule has 0 aromatic rings. The fraction of sp³-hybridized carbons (Fsp3) is 0.840. The van der Waals surface area contributed by atoms with E-state index >= 15 is 0 Å². The first-order valence-electron chi connectivity index (χ1n) is 11.1. The zero-order chi connectivity index (χ0) is 19.0. The molecule has 26 heavy (non-hydrogen) atoms. The Kier molecular flexibility index (Phi) is 3.97. The molecule has 0 aromatic heterocycles. The van der Waals surface area contributed by atoms with Crippen LogP contribution in [0.15, 0.2) is 23.8 Å². The Labute approximate surface area is 161 Å². The van der Waals surface area contributed by atoms with Crippen molar-refractivity contribution in [2.45, 2.75) is 92.4 Å². The third kappa shape index (κ3) is 1.97. The molecule has 0 heterocycles. The number of allylic oxidation sites excluding steroid dienone is 3. The van der Waals surface area contributed by atoms with Crippen LogP contribution < -0.4 is 0 Å². The van der Waals surface area contributed by atoms with E-state index in [1.807, 2.05) is 0 Å². The van der Waals surface area contributed by atoms with Crippen LogP contribution in [0.1, 0.15) is 92.4 Å². The van der Waals surface area contributed by atoms with Gasteiger partial charge in [-0.1, -0.05) is 64.8 Å². The smallest absolute Gasteiger partial charge is 0.0464 e. The Bertz CT molecular complexity index is 661. The molecular weight excluding hydrogens is 316 g/mol. The molecule has 0 amide bonds. The van der Waals surface area contributed by atoms with E-state index in [0.29, 0.717) is 34.2 Å². The lowest BCUT2D eigenvalue weighted by Crippen LogP contribution is -2.59. The molecule has 2 bridgehead atoms. The van der Waals surface area contributed by atoms with Crippen molar-refractivity contribution in [2.75, 3.05) is 6.61 Å². The molecule has 1 spiro atoms. The Hall–Kier alpha value is -0.560. The van der Waals surface area contributed by atoms with Crippen molar-refractivity contribution in [1.82, 2.24) is 0 Å². The van der Waals surface area contributed by atoms with Crippen molar-refractivity contribution in [2.24, 2.45) is 33.0 Å². The van der Waals surface area contributed by atoms with Crippen LogP contribution in [0.25, 0.3) is 0 Å². The molecule has 1 unspecified atom stereocenters. The molecule has 1 N–H and O–H groups in total. The molecule has 0 saturated heterocycles. The first kappa shape index (κ1) is 18.8. The number of hydrogen-bond acceptors (Lipinski definition) is 1. The van der Waals surface area contributed by atoms with Gasteiger partial charge in [-0.15, -0.1) is 0 Å². The topological polar surface area (TPSA) is 20.2 Å². The molecule has 0 radical (unpaired) electrons. The molecule has 4 aliphatic rings. The van der Waals surface area contributed by atoms with Gasteiger partial charge < -0.3 is 5.11 Å². The van der Waals surface area contributed by atoms with Crippen LogP contribution in [0.4, 0.5) is 0 Å². The van der Waals surface area contributed by atoms with Crippen molar-refractivity contribution >= 4 is 0 Å². The van der Waals surface area contributed by atoms with Crippen LogP contribution in [0, 0.1) is 33.0 Å². The highest BCUT2D eigenvalue weighted by atomic mass is 16.3. The Morgan fingerprint density at radius 3 is 2.54 bits per heavy atom. The van der Waals surface area contributed by atoms with E-state index in [0.717, 1.165) is 6.42 Å². The third-order valence-corrected chi connectivity index (χ3v) is 10.6. The summed E-state index contributed by atoms with van der Waals surface area (Å²) in [5.41, 5.74) is 4.83. The summed E-state index contributed by atoms with van der Waals surface area (Å²) in [7, 11) is 0. The van der Waals surface area contributed by atoms with Gasteiger partial charge >= 0.3 is 0 Å². The summed E-state index contributed by atoms with van der Waals surface area (Å²) in [4.78, 5) is 0. The monoisotopic (exact) mass is 356 g/mol. The first-order chi connectivity index (χ1) is 12.1. The number of hydrogen-bond donors (Lipinski definition) is 1. The van der Waals surface area contributed by atoms with Crippen LogP contribution in [0.2, 0.25) is 0 Å². The van der Waals surface area contributed by atoms with Gasteiger partial charge in [-0.25, -0.2) is 0 Å². The highest BCUT2D eigenvalue weighted by molar-refractivity contribution is 5.39. The number of aliphatic hydroxyl groups excluding tert-OH is 1. The van der Waals surface area contributed by atoms with Gasteiger partial charge in [0.05, 0.1) is 0 Å². The molecule has 0 aliphatic heterocycles. The summed E-state index contributed by atoms with van der Waals surface area (Å²) in [6.45, 7) is 17.4. The van der Waals surface area contributed by atoms with Gasteiger partial charge in [-0.2, -0.15) is 0 Å². The zero-order valence-corrected chi connectivity index (χ0v) is 17.9. The highest BCUT2D eigenvalue weighted by Crippen LogP contribution is 2.77. The van der Waals surface area contributed by atoms with Crippen LogP contribution in [-0.2, 0) is 0 Å². The Morgan fingerprint density at radius 1 is 1.15 bits per heavy atom. The molecule has 3 saturated carbocycles. The van der Waals surface area contributed by atoms with Gasteiger partial charge in [0.1, 0.15) is 0 Å². The molecule has 1 heteroatoms. The standard InChI is InChI=1S/C25H40O/c1-7-18(2)22(4)10-8-11-23(5)20-9-12-21(3)17-25(20,15-19(21)16-26)14-13-24(22,23)6/h9,19,26H,2,7-8,10-17H2,1,3-6H3/t19-,21-,22?,23+,24-,25-/m1/s1. The van der Waals surface area contributed by atoms with E-state index in [9.17, 15) is 5.11 Å². The van der Waals surface area contributed by atoms with Crippen LogP contribution in [0.5, 0.6) is 0 Å². The highest BCUT2D eigenvalue weighted by Gasteiger charge is 2.68. The molecule has 146 valence electrons. The van der Waals surface area contributed by atoms with Crippen LogP contribution >= 0.6 is 0 Å². The van der Waals surface area contributed by atoms with Gasteiger partial charge in [0.25, 0.3) is 0 Å². The van der Waals surface area contributed by atoms with Crippen molar-refractivity contribution in [1.29, 1.82) is 0 Å². The average Bonchev–Trinajstić information content (AvgIpc) is 2.82. The van der Waals surface area contributed by atoms with Crippen molar-refractivity contribution < 1.29 is 5.11 Å². The average molecular weight is 357 g/mol. The van der Waals surface area contributed by atoms with Gasteiger partial charge in [0.2, 0.25) is 0 Å². The van der Waals surface area contributed by atoms with Gasteiger partial charge in [0, 0.05) is 6.61 Å². The quantitative estimate of drug-likeness (QED) is 0.560. The fourth-order valence-corrected chi connectivity index (χ4v) is 8.51. The summed E-state index contributed by atoms with van der Waals surface area (Å²) in [6, 6.07) is 0. The summed E-state index contributed by atoms with van der Waals surface area (Å²) in [5, 5.41) is 10.1. The number of aliphatic hydroxyl groups is 1. The van der Waals surface area contributed by atoms with Gasteiger partial charge in [-0.3, -0.25) is 0 Å². The molecule has 0 aromatic carbocycles. The Morgan fingerprint density at radius 2 is 1.88 bits per heavy atom. The summed E-state index contributed by atoms with van der Waals surface area (Å²) >= 11 is 0. The largest absolute Gasteiger partial charge is 0.396 e. The van der Waals surface area contributed by atoms with Gasteiger partial charge in [0.15, 0.2) is 0 Å². The molecule has 4 aliphatic carbocycles. The van der Waals surface area contributed by atoms with Crippen molar-refractivity contribution in [3.8, 4) is 0 Å². The second-order valence-electron chi connectivity index (χ2n) is 11.3. The maximum absolute atomic E-state index is 10.1. The van der Waals surface area contributed by atoms with Crippen LogP contribution in [-0.4, -0.2) is 11.7 Å². The van der Waals surface area contributed by atoms with E-state index < -0.39 is 0 Å². The maximum Gasteiger partial charge on any atom is 0.0464 e. The van der Waals surface area contributed by atoms with E-state index in [2.05, 4.69) is 47.3 Å². The molecule has 3 fully saturated rings. The predicted octanol–water partition coefficient (Wildman–Crippen LogP) is 6.67. The minimum atomic E-state index is 0.257. The first-order valence-corrected chi connectivity index (χ1v) is 11.1. The summed E-state index contributed by atoms with van der Waals surface area (Å²) < 4.78 is 0. The lowest BCUT2D eigenvalue weighted by atomic mass is 9.36. The molecule has 1 nitrogen and oxygen atoms in total. The lowest BCUT2D eigenvalue weighted by molar-refractivity contribution is -0.108. The van der Waals surface area contributed by atoms with E-state index in [-0.39, 0.29) is 5.41 Å². The predicted molar refractivity (Wildman–Crippen MR) is 110 cm³/mol. The second-order valence-corrected chi connectivity index (χ2v) is 11.3. The zero-order valence-electron chi connectivity index (χ0n) is 17.9. The van der Waals surface area contributed by atoms with Crippen LogP contribution in [0.3, 0.4) is 0 Å². The van der Waals surface area contributed by atoms with Crippen molar-refractivity contribution in [3.63, 3.8) is 0 Å². The van der Waals surface area contributed by atoms with E-state index in [1.165, 1.54) is 56.9 Å². The third-order valence-electron chi connectivity index (χ3n) is 10.6. The number of fused-ring (bicyclic) bond motifs is 3. The molecule has 4 rings (SSSR count). The maximum atomic E-state index is 10.1. The minimum Gasteiger partial charge on any atom is -0.396 e. The molecular formula is C25H40O. The normalized spacial score (nSPS) is 52.8. The summed E-state index contributed by atoms with van der Waals surface area (Å²) in [6.07, 6.45) is 14.1. The van der Waals surface area contributed by atoms with Gasteiger partial charge in [-0.05, 0) is 84.4 Å². The Balaban J connectivity index is 1.82. The van der Waals surface area contributed by atoms with E-state index in [4.69, 9.17) is 0 Å². The second kappa shape index (κ2) is 5.49. The lowest BCUT2D eigenvalue weighted by Gasteiger charge is -2.68.